The van der Waals surface area contributed by atoms with Crippen LogP contribution in [0.1, 0.15) is 0 Å². The minimum Gasteiger partial charge on any atom is 0 e. The van der Waals surface area contributed by atoms with E-state index in [0.29, 0.717) is 0 Å². The Labute approximate surface area is 380 Å². The van der Waals surface area contributed by atoms with E-state index in [1.54, 1.807) is 98.6 Å². The molecule has 44 heteroatoms. The van der Waals surface area contributed by atoms with Gasteiger partial charge in [-0.1, -0.05) is 0 Å². The summed E-state index contributed by atoms with van der Waals surface area (Å²) in [6.07, 6.45) is 0. The van der Waals surface area contributed by atoms with Gasteiger partial charge in [-0.25, -0.2) is 0 Å². The second-order valence-corrected chi connectivity index (χ2v) is 76.4. The molecule has 0 aromatic carbocycles. The second kappa shape index (κ2) is 52.5. The fourth-order valence-corrected chi connectivity index (χ4v) is 109. The van der Waals surface area contributed by atoms with Gasteiger partial charge in [0.15, 0.2) is 0 Å². The minimum atomic E-state index is 1.37. The van der Waals surface area contributed by atoms with E-state index in [4.69, 9.17) is 11.2 Å². The first kappa shape index (κ1) is 53.5. The molecule has 262 valence electrons. The summed E-state index contributed by atoms with van der Waals surface area (Å²) in [7, 11) is 75.1. The van der Waals surface area contributed by atoms with Gasteiger partial charge in [-0.05, 0) is 0 Å². The first-order valence-electron chi connectivity index (χ1n) is 7.29. The predicted octanol–water partition coefficient (Wildman–Crippen LogP) is -0.752. The van der Waals surface area contributed by atoms with Crippen LogP contribution in [-0.4, -0.2) is 6.72 Å². The van der Waals surface area contributed by atoms with Crippen molar-refractivity contribution in [3.05, 3.63) is 0 Å². The predicted molar refractivity (Wildman–Crippen MR) is 324 cm³/mol. The Kier molecular flexibility index (Phi) is 63.9. The van der Waals surface area contributed by atoms with Crippen LogP contribution in [0.5, 0.6) is 0 Å². The van der Waals surface area contributed by atoms with Gasteiger partial charge in [-0.3, -0.25) is 0 Å². The van der Waals surface area contributed by atoms with E-state index in [9.17, 15) is 0 Å². The quantitative estimate of drug-likeness (QED) is 0.289. The summed E-state index contributed by atoms with van der Waals surface area (Å²) in [6.45, 7) is 3.73. The molecule has 0 fully saturated rings. The van der Waals surface area contributed by atoms with E-state index in [1.807, 2.05) is 266 Å². The van der Waals surface area contributed by atoms with Gasteiger partial charge < -0.3 is 0 Å². The molecule has 0 saturated heterocycles. The molecule has 0 aromatic rings. The molecule has 0 amide bonds. The molecule has 0 aliphatic rings. The van der Waals surface area contributed by atoms with E-state index >= 15 is 0 Å². The summed E-state index contributed by atoms with van der Waals surface area (Å²) in [5, 5.41) is 0. The van der Waals surface area contributed by atoms with E-state index in [1.165, 1.54) is 8.88 Å². The van der Waals surface area contributed by atoms with Crippen molar-refractivity contribution in [2.45, 2.75) is 0 Å². The number of hydrogen-bond acceptors (Lipinski definition) is 1. The monoisotopic (exact) mass is 1390 g/mol. The van der Waals surface area contributed by atoms with Gasteiger partial charge in [-0.15, -0.1) is 0 Å². The molecule has 0 N–H and O–H groups in total. The minimum absolute atomic E-state index is 1.37. The first-order valence-corrected chi connectivity index (χ1v) is 63.9. The Morgan fingerprint density at radius 1 is 0.182 bits per heavy atom. The fraction of sp³-hybridized carbons (Fsp3) is 0. The number of hydrogen-bond donors (Lipinski definition) is 0. The van der Waals surface area contributed by atoms with Crippen molar-refractivity contribution in [1.82, 2.24) is 0 Å². The zero-order valence-corrected chi connectivity index (χ0v) is 53.4. The van der Waals surface area contributed by atoms with Crippen LogP contribution in [-0.2, 0) is 385 Å². The topological polar surface area (TPSA) is 0 Å². The molecule has 0 unspecified atom stereocenters. The van der Waals surface area contributed by atoms with Crippen molar-refractivity contribution in [1.29, 1.82) is 0 Å². The standard InChI is InChI=1S/BHS43/c1-3-5-7-9-11-13-15-17-19-21-23-25-27-29-31-33-35-37-39-41-43-44-42-40-38-36-34-32-30-28-26-24-22-20-18-16-14-12-10-8-6-4-2/h1H. The molecule has 0 nitrogen and oxygen atoms in total. The van der Waals surface area contributed by atoms with Crippen molar-refractivity contribution in [3.8, 4) is 0 Å². The molecule has 0 bridgehead atoms. The third-order valence-corrected chi connectivity index (χ3v) is 91.3. The smallest absolute Gasteiger partial charge is 0 e. The molecule has 0 radical (unpaired) electrons. The Bertz CT molecular complexity index is 2720. The van der Waals surface area contributed by atoms with Crippen LogP contribution < -0.4 is 0 Å². The van der Waals surface area contributed by atoms with Gasteiger partial charge in [0.25, 0.3) is 0 Å². The molecule has 0 saturated carbocycles. The van der Waals surface area contributed by atoms with Crippen molar-refractivity contribution in [2.24, 2.45) is 0 Å². The molecule has 44 heavy (non-hydrogen) atoms. The van der Waals surface area contributed by atoms with E-state index < -0.39 is 0 Å². The summed E-state index contributed by atoms with van der Waals surface area (Å²) < 4.78 is 0. The van der Waals surface area contributed by atoms with Gasteiger partial charge in [0.2, 0.25) is 0 Å². The zero-order chi connectivity index (χ0) is 31.7. The molecule has 0 aliphatic carbocycles. The van der Waals surface area contributed by atoms with Crippen LogP contribution in [0, 0.1) is 0 Å². The van der Waals surface area contributed by atoms with Crippen LogP contribution in [0.4, 0.5) is 0 Å². The van der Waals surface area contributed by atoms with Crippen LogP contribution >= 0.6 is 0 Å². The fourth-order valence-electron chi connectivity index (χ4n) is 0.462. The third kappa shape index (κ3) is 51.5. The average molecular weight is 1390 g/mol. The van der Waals surface area contributed by atoms with Crippen LogP contribution in [0.3, 0.4) is 0 Å². The van der Waals surface area contributed by atoms with E-state index in [0.717, 1.165) is 0 Å². The van der Waals surface area contributed by atoms with E-state index in [-0.39, 0.29) is 0 Å². The summed E-state index contributed by atoms with van der Waals surface area (Å²) in [4.78, 5) is 0. The Balaban J connectivity index is 6.05. The molecular weight excluding hydrogens is 1390 g/mol. The van der Waals surface area contributed by atoms with Crippen LogP contribution in [0.2, 0.25) is 0 Å². The maximum absolute atomic E-state index is 4.81. The van der Waals surface area contributed by atoms with Crippen LogP contribution in [0.15, 0.2) is 0 Å². The van der Waals surface area contributed by atoms with Gasteiger partial charge in [-0.2, -0.15) is 0 Å². The maximum atomic E-state index is 4.81. The molecule has 0 spiro atoms. The van der Waals surface area contributed by atoms with Gasteiger partial charge in [0.1, 0.15) is 0 Å². The molecule has 0 aromatic heterocycles. The summed E-state index contributed by atoms with van der Waals surface area (Å²) in [5.74, 6) is 0. The average Bonchev–Trinajstić information content (AvgIpc) is 3.04. The summed E-state index contributed by atoms with van der Waals surface area (Å²) >= 11 is 4.81. The first-order chi connectivity index (χ1) is 21.9. The van der Waals surface area contributed by atoms with Gasteiger partial charge in [0, 0.05) is 278 Å². The van der Waals surface area contributed by atoms with Crippen LogP contribution in [0.25, 0.3) is 0 Å². The number of rotatable bonds is 0. The Hall–Kier alpha value is 9.52. The molecule has 0 aliphatic heterocycles. The van der Waals surface area contributed by atoms with E-state index in [2.05, 4.69) is 6.72 Å². The summed E-state index contributed by atoms with van der Waals surface area (Å²) in [5.41, 5.74) is 0. The van der Waals surface area contributed by atoms with Crippen molar-refractivity contribution < 1.29 is 0 Å². The Morgan fingerprint density at radius 3 is 0.409 bits per heavy atom. The molecule has 0 atom stereocenters. The van der Waals surface area contributed by atoms with Crippen molar-refractivity contribution in [3.63, 3.8) is 0 Å². The summed E-state index contributed by atoms with van der Waals surface area (Å²) in [6, 6.07) is 0. The molecule has 0 rings (SSSR count). The zero-order valence-electron chi connectivity index (χ0n) is 18.3. The van der Waals surface area contributed by atoms with Crippen molar-refractivity contribution in [2.75, 3.05) is 0 Å². The van der Waals surface area contributed by atoms with Crippen molar-refractivity contribution >= 4 is 392 Å². The normalized spacial score (nSPS) is 7.70. The SMILES string of the molecule is B=S=S=S=S=S=S=S=S=S=S=S=S=S=S=S=S=S=S=S=S=S=S=S=S=S=S=S=S=S=S=S=S=S=S=S=S=S=S=S=S=S=S=S. The second-order valence-electron chi connectivity index (χ2n) is 2.91. The van der Waals surface area contributed by atoms with Gasteiger partial charge >= 0.3 is 114 Å². The Morgan fingerprint density at radius 2 is 0.295 bits per heavy atom. The third-order valence-electron chi connectivity index (χ3n) is 1.16. The van der Waals surface area contributed by atoms with Gasteiger partial charge in [0.05, 0.1) is 0 Å². The molecular formula is HBS43. The molecule has 0 heterocycles.